The maximum Gasteiger partial charge on any atom is 0.227 e. The molecule has 0 fully saturated rings. The van der Waals surface area contributed by atoms with Gasteiger partial charge in [0.25, 0.3) is 0 Å². The van der Waals surface area contributed by atoms with E-state index in [4.69, 9.17) is 4.74 Å². The summed E-state index contributed by atoms with van der Waals surface area (Å²) in [4.78, 5) is 26.0. The summed E-state index contributed by atoms with van der Waals surface area (Å²) in [5.41, 5.74) is 3.10. The Morgan fingerprint density at radius 2 is 2.11 bits per heavy atom. The van der Waals surface area contributed by atoms with Crippen molar-refractivity contribution < 1.29 is 9.53 Å². The van der Waals surface area contributed by atoms with Crippen LogP contribution < -0.4 is 10.6 Å². The van der Waals surface area contributed by atoms with Crippen LogP contribution in [0.15, 0.2) is 36.5 Å². The Morgan fingerprint density at radius 3 is 2.86 bits per heavy atom. The Labute approximate surface area is 168 Å². The highest BCUT2D eigenvalue weighted by molar-refractivity contribution is 7.19. The Balaban J connectivity index is 1.81. The zero-order chi connectivity index (χ0) is 20.1. The number of carbonyl (C=O) groups excluding carboxylic acids is 1. The number of anilines is 3. The average molecular weight is 398 g/mol. The Bertz CT molecular complexity index is 973. The number of nitrogens with zero attached hydrogens (tertiary/aromatic N) is 3. The van der Waals surface area contributed by atoms with Crippen molar-refractivity contribution in [3.63, 3.8) is 0 Å². The van der Waals surface area contributed by atoms with E-state index in [-0.39, 0.29) is 11.8 Å². The maximum atomic E-state index is 11.6. The molecule has 0 aliphatic rings. The van der Waals surface area contributed by atoms with E-state index in [9.17, 15) is 4.79 Å². The molecule has 3 rings (SSSR count). The van der Waals surface area contributed by atoms with Crippen molar-refractivity contribution in [1.82, 2.24) is 15.0 Å². The predicted molar refractivity (Wildman–Crippen MR) is 113 cm³/mol. The second-order valence-corrected chi connectivity index (χ2v) is 7.46. The molecule has 0 saturated carbocycles. The lowest BCUT2D eigenvalue weighted by molar-refractivity contribution is 0.101. The van der Waals surface area contributed by atoms with Crippen LogP contribution in [0.4, 0.5) is 16.8 Å². The molecule has 1 atom stereocenters. The SMILES string of the molecule is COCC(C)Nc1nc(C)c(-c2ccnc(Nc3cccc(C(C)=O)c3)n2)s1. The number of nitrogens with one attached hydrogen (secondary N) is 2. The zero-order valence-corrected chi connectivity index (χ0v) is 17.1. The number of aromatic nitrogens is 3. The van der Waals surface area contributed by atoms with Gasteiger partial charge in [-0.15, -0.1) is 0 Å². The van der Waals surface area contributed by atoms with Crippen molar-refractivity contribution in [2.45, 2.75) is 26.8 Å². The topological polar surface area (TPSA) is 89.0 Å². The van der Waals surface area contributed by atoms with Crippen LogP contribution in [0.5, 0.6) is 0 Å². The average Bonchev–Trinajstić information content (AvgIpc) is 3.02. The van der Waals surface area contributed by atoms with Crippen molar-refractivity contribution in [2.24, 2.45) is 0 Å². The van der Waals surface area contributed by atoms with Gasteiger partial charge in [0.2, 0.25) is 5.95 Å². The number of rotatable bonds is 8. The van der Waals surface area contributed by atoms with Crippen molar-refractivity contribution in [1.29, 1.82) is 0 Å². The van der Waals surface area contributed by atoms with Crippen LogP contribution in [-0.2, 0) is 4.74 Å². The van der Waals surface area contributed by atoms with Crippen LogP contribution in [0.1, 0.15) is 29.9 Å². The molecule has 0 bridgehead atoms. The third kappa shape index (κ3) is 4.90. The minimum Gasteiger partial charge on any atom is -0.383 e. The first-order valence-electron chi connectivity index (χ1n) is 8.90. The lowest BCUT2D eigenvalue weighted by atomic mass is 10.1. The van der Waals surface area contributed by atoms with Gasteiger partial charge >= 0.3 is 0 Å². The highest BCUT2D eigenvalue weighted by Gasteiger charge is 2.14. The minimum atomic E-state index is 0.0151. The number of carbonyl (C=O) groups is 1. The molecule has 2 heterocycles. The van der Waals surface area contributed by atoms with Gasteiger partial charge in [-0.05, 0) is 39.0 Å². The van der Waals surface area contributed by atoms with Crippen molar-refractivity contribution in [3.05, 3.63) is 47.8 Å². The van der Waals surface area contributed by atoms with Crippen LogP contribution in [-0.4, -0.2) is 40.5 Å². The quantitative estimate of drug-likeness (QED) is 0.548. The number of methoxy groups -OCH3 is 1. The Kier molecular flexibility index (Phi) is 6.33. The molecule has 1 unspecified atom stereocenters. The third-order valence-electron chi connectivity index (χ3n) is 4.00. The van der Waals surface area contributed by atoms with E-state index < -0.39 is 0 Å². The standard InChI is InChI=1S/C20H23N5O2S/c1-12(11-27-4)22-20-23-13(2)18(28-20)17-8-9-21-19(25-17)24-16-7-5-6-15(10-16)14(3)26/h5-10,12H,11H2,1-4H3,(H,22,23)(H,21,24,25). The summed E-state index contributed by atoms with van der Waals surface area (Å²) in [5, 5.41) is 7.33. The molecule has 146 valence electrons. The normalized spacial score (nSPS) is 11.9. The van der Waals surface area contributed by atoms with Gasteiger partial charge in [-0.25, -0.2) is 15.0 Å². The zero-order valence-electron chi connectivity index (χ0n) is 16.3. The molecule has 0 amide bonds. The van der Waals surface area contributed by atoms with E-state index >= 15 is 0 Å². The molecule has 0 spiro atoms. The number of hydrogen-bond donors (Lipinski definition) is 2. The molecule has 0 aliphatic heterocycles. The molecule has 0 radical (unpaired) electrons. The summed E-state index contributed by atoms with van der Waals surface area (Å²) in [7, 11) is 1.68. The Morgan fingerprint density at radius 1 is 1.29 bits per heavy atom. The second kappa shape index (κ2) is 8.90. The highest BCUT2D eigenvalue weighted by atomic mass is 32.1. The van der Waals surface area contributed by atoms with E-state index in [2.05, 4.69) is 25.6 Å². The van der Waals surface area contributed by atoms with Gasteiger partial charge < -0.3 is 15.4 Å². The molecule has 2 aromatic heterocycles. The third-order valence-corrected chi connectivity index (χ3v) is 5.11. The van der Waals surface area contributed by atoms with E-state index in [0.717, 1.165) is 27.1 Å². The molecule has 0 saturated heterocycles. The maximum absolute atomic E-state index is 11.6. The van der Waals surface area contributed by atoms with Crippen LogP contribution in [0.2, 0.25) is 0 Å². The van der Waals surface area contributed by atoms with Crippen molar-refractivity contribution in [2.75, 3.05) is 24.4 Å². The summed E-state index contributed by atoms with van der Waals surface area (Å²) in [6, 6.07) is 9.30. The van der Waals surface area contributed by atoms with E-state index in [0.29, 0.717) is 18.1 Å². The summed E-state index contributed by atoms with van der Waals surface area (Å²) < 4.78 is 5.16. The van der Waals surface area contributed by atoms with E-state index in [1.807, 2.05) is 32.0 Å². The number of benzene rings is 1. The molecule has 28 heavy (non-hydrogen) atoms. The number of aryl methyl sites for hydroxylation is 1. The molecular weight excluding hydrogens is 374 g/mol. The van der Waals surface area contributed by atoms with Crippen LogP contribution in [0.3, 0.4) is 0 Å². The number of ether oxygens (including phenoxy) is 1. The minimum absolute atomic E-state index is 0.0151. The molecule has 7 nitrogen and oxygen atoms in total. The summed E-state index contributed by atoms with van der Waals surface area (Å²) in [6.07, 6.45) is 1.71. The predicted octanol–water partition coefficient (Wildman–Crippen LogP) is 4.30. The molecule has 0 aliphatic carbocycles. The van der Waals surface area contributed by atoms with Crippen LogP contribution in [0.25, 0.3) is 10.6 Å². The van der Waals surface area contributed by atoms with Crippen molar-refractivity contribution >= 4 is 33.9 Å². The van der Waals surface area contributed by atoms with Gasteiger partial charge in [0.05, 0.1) is 22.9 Å². The van der Waals surface area contributed by atoms with Crippen LogP contribution in [0, 0.1) is 6.92 Å². The molecule has 1 aromatic carbocycles. The monoisotopic (exact) mass is 397 g/mol. The lowest BCUT2D eigenvalue weighted by Crippen LogP contribution is -2.20. The van der Waals surface area contributed by atoms with Gasteiger partial charge in [0.15, 0.2) is 10.9 Å². The number of hydrogen-bond acceptors (Lipinski definition) is 8. The molecule has 8 heteroatoms. The first-order chi connectivity index (χ1) is 13.5. The fraction of sp³-hybridized carbons (Fsp3) is 0.300. The fourth-order valence-corrected chi connectivity index (χ4v) is 3.74. The van der Waals surface area contributed by atoms with Crippen LogP contribution >= 0.6 is 11.3 Å². The molecule has 2 N–H and O–H groups in total. The lowest BCUT2D eigenvalue weighted by Gasteiger charge is -2.10. The van der Waals surface area contributed by atoms with E-state index in [1.54, 1.807) is 43.7 Å². The summed E-state index contributed by atoms with van der Waals surface area (Å²) in [5.74, 6) is 0.481. The summed E-state index contributed by atoms with van der Waals surface area (Å²) in [6.45, 7) is 6.15. The highest BCUT2D eigenvalue weighted by Crippen LogP contribution is 2.32. The number of Topliss-reactive ketones (excluding diaryl/α,β-unsaturated/α-hetero) is 1. The van der Waals surface area contributed by atoms with Gasteiger partial charge in [0, 0.05) is 30.6 Å². The van der Waals surface area contributed by atoms with E-state index in [1.165, 1.54) is 0 Å². The van der Waals surface area contributed by atoms with Gasteiger partial charge in [-0.2, -0.15) is 0 Å². The number of thiazole rings is 1. The molecule has 3 aromatic rings. The van der Waals surface area contributed by atoms with Gasteiger partial charge in [0.1, 0.15) is 0 Å². The van der Waals surface area contributed by atoms with Crippen molar-refractivity contribution in [3.8, 4) is 10.6 Å². The smallest absolute Gasteiger partial charge is 0.227 e. The molecular formula is C20H23N5O2S. The number of ketones is 1. The van der Waals surface area contributed by atoms with Gasteiger partial charge in [-0.1, -0.05) is 23.5 Å². The van der Waals surface area contributed by atoms with Gasteiger partial charge in [-0.3, -0.25) is 4.79 Å². The second-order valence-electron chi connectivity index (χ2n) is 6.46. The Hall–Kier alpha value is -2.84. The summed E-state index contributed by atoms with van der Waals surface area (Å²) >= 11 is 1.55. The fourth-order valence-electron chi connectivity index (χ4n) is 2.69. The first-order valence-corrected chi connectivity index (χ1v) is 9.72. The first kappa shape index (κ1) is 19.9. The largest absolute Gasteiger partial charge is 0.383 e.